The minimum absolute atomic E-state index is 0.124. The van der Waals surface area contributed by atoms with Crippen molar-refractivity contribution in [3.8, 4) is 11.5 Å². The summed E-state index contributed by atoms with van der Waals surface area (Å²) in [5.74, 6) is 2.40. The first-order chi connectivity index (χ1) is 31.1. The molecular weight excluding hydrogens is 819 g/mol. The van der Waals surface area contributed by atoms with E-state index in [1.165, 1.54) is 23.2 Å². The Labute approximate surface area is 369 Å². The topological polar surface area (TPSA) is 229 Å². The van der Waals surface area contributed by atoms with Crippen molar-refractivity contribution in [1.29, 1.82) is 0 Å². The Morgan fingerprint density at radius 3 is 1.78 bits per heavy atom. The summed E-state index contributed by atoms with van der Waals surface area (Å²) in [6, 6.07) is 29.0. The number of nitrogen functional groups attached to an aromatic ring is 1. The number of rotatable bonds is 19. The lowest BCUT2D eigenvalue weighted by molar-refractivity contribution is -0.116. The predicted molar refractivity (Wildman–Crippen MR) is 247 cm³/mol. The Balaban J connectivity index is 0.000000213. The van der Waals surface area contributed by atoms with Crippen LogP contribution in [0.5, 0.6) is 11.5 Å². The van der Waals surface area contributed by atoms with Crippen LogP contribution < -0.4 is 46.7 Å². The maximum atomic E-state index is 12.7. The molecule has 0 saturated heterocycles. The van der Waals surface area contributed by atoms with Crippen molar-refractivity contribution < 1.29 is 33.3 Å². The maximum absolute atomic E-state index is 12.7. The van der Waals surface area contributed by atoms with E-state index in [9.17, 15) is 14.4 Å². The number of carbonyl (C=O) groups is 3. The maximum Gasteiger partial charge on any atom is 0.247 e. The van der Waals surface area contributed by atoms with Crippen molar-refractivity contribution >= 4 is 81.1 Å². The first-order valence-electron chi connectivity index (χ1n) is 19.8. The van der Waals surface area contributed by atoms with Gasteiger partial charge in [-0.2, -0.15) is 9.97 Å². The van der Waals surface area contributed by atoms with Gasteiger partial charge in [0.15, 0.2) is 5.82 Å². The molecule has 0 bridgehead atoms. The lowest BCUT2D eigenvalue weighted by Crippen LogP contribution is -2.22. The third-order valence-electron chi connectivity index (χ3n) is 8.93. The summed E-state index contributed by atoms with van der Waals surface area (Å²) in [4.78, 5) is 55.0. The number of benzene rings is 4. The summed E-state index contributed by atoms with van der Waals surface area (Å²) in [6.45, 7) is 8.89. The standard InChI is InChI=1S/C24H23N5O4.C22H24N6O3/c1-3-21(30)26-18-5-4-6-19(14-18)29-22(31)13-16-15-25-24(28-23(16)29)27-17-7-9-20(10-8-17)33-12-11-32-2;1-3-20(29)25-16-5-4-6-17(13-16)26-21-19(23)14-24-22(28-21)27-15-7-9-18(10-8-15)31-12-11-30-2/h3-10,14-15H,1,11-13H2,2H3,(H,26,30)(H,25,27,28);3-10,13-14H,1,11-12,23H2,2H3,(H,25,29)(H2,24,26,27,28). The zero-order valence-electron chi connectivity index (χ0n) is 35.2. The Bertz CT molecular complexity index is 2570. The Hall–Kier alpha value is -8.35. The van der Waals surface area contributed by atoms with Crippen molar-refractivity contribution in [3.63, 3.8) is 0 Å². The molecule has 0 fully saturated rings. The molecule has 0 atom stereocenters. The molecule has 0 aliphatic carbocycles. The monoisotopic (exact) mass is 865 g/mol. The number of carbonyl (C=O) groups excluding carboxylic acids is 3. The van der Waals surface area contributed by atoms with E-state index < -0.39 is 0 Å². The summed E-state index contributed by atoms with van der Waals surface area (Å²) in [5.41, 5.74) is 11.2. The first kappa shape index (κ1) is 45.2. The van der Waals surface area contributed by atoms with Crippen LogP contribution in [0.4, 0.5) is 63.3 Å². The van der Waals surface area contributed by atoms with Gasteiger partial charge in [-0.1, -0.05) is 25.3 Å². The molecule has 64 heavy (non-hydrogen) atoms. The van der Waals surface area contributed by atoms with Crippen LogP contribution in [0.25, 0.3) is 0 Å². The quantitative estimate of drug-likeness (QED) is 0.0347. The minimum atomic E-state index is -0.329. The van der Waals surface area contributed by atoms with E-state index in [0.717, 1.165) is 28.4 Å². The number of nitrogens with zero attached hydrogens (tertiary/aromatic N) is 5. The molecule has 2 aromatic heterocycles. The van der Waals surface area contributed by atoms with Gasteiger partial charge >= 0.3 is 0 Å². The summed E-state index contributed by atoms with van der Waals surface area (Å²) >= 11 is 0. The van der Waals surface area contributed by atoms with E-state index in [4.69, 9.17) is 24.7 Å². The number of methoxy groups -OCH3 is 2. The van der Waals surface area contributed by atoms with E-state index in [2.05, 4.69) is 59.7 Å². The second-order valence-corrected chi connectivity index (χ2v) is 13.6. The fraction of sp³-hybridized carbons (Fsp3) is 0.152. The van der Waals surface area contributed by atoms with Crippen LogP contribution in [0.3, 0.4) is 0 Å². The molecule has 0 spiro atoms. The molecule has 0 unspecified atom stereocenters. The Morgan fingerprint density at radius 1 is 0.672 bits per heavy atom. The zero-order chi connectivity index (χ0) is 45.3. The highest BCUT2D eigenvalue weighted by Gasteiger charge is 2.31. The number of nitrogens with two attached hydrogens (primary N) is 1. The third-order valence-corrected chi connectivity index (χ3v) is 8.93. The van der Waals surface area contributed by atoms with Crippen LogP contribution in [-0.4, -0.2) is 78.3 Å². The number of amides is 3. The van der Waals surface area contributed by atoms with Crippen molar-refractivity contribution in [1.82, 2.24) is 19.9 Å². The highest BCUT2D eigenvalue weighted by atomic mass is 16.5. The molecule has 3 amide bonds. The lowest BCUT2D eigenvalue weighted by atomic mass is 10.2. The van der Waals surface area contributed by atoms with Gasteiger partial charge in [-0.15, -0.1) is 0 Å². The highest BCUT2D eigenvalue weighted by Crippen LogP contribution is 2.35. The average molecular weight is 866 g/mol. The van der Waals surface area contributed by atoms with Gasteiger partial charge in [0.1, 0.15) is 30.5 Å². The van der Waals surface area contributed by atoms with Gasteiger partial charge in [0.2, 0.25) is 29.6 Å². The lowest BCUT2D eigenvalue weighted by Gasteiger charge is -2.18. The van der Waals surface area contributed by atoms with Crippen molar-refractivity contribution in [2.45, 2.75) is 6.42 Å². The minimum Gasteiger partial charge on any atom is -0.491 e. The summed E-state index contributed by atoms with van der Waals surface area (Å²) in [6.07, 6.45) is 5.76. The number of aromatic nitrogens is 4. The van der Waals surface area contributed by atoms with Crippen LogP contribution in [0, 0.1) is 0 Å². The van der Waals surface area contributed by atoms with Crippen LogP contribution in [0.1, 0.15) is 5.56 Å². The molecule has 3 heterocycles. The summed E-state index contributed by atoms with van der Waals surface area (Å²) in [5, 5.41) is 14.8. The number of anilines is 11. The Morgan fingerprint density at radius 2 is 1.20 bits per heavy atom. The number of nitrogens with one attached hydrogen (secondary N) is 5. The van der Waals surface area contributed by atoms with Crippen LogP contribution >= 0.6 is 0 Å². The fourth-order valence-electron chi connectivity index (χ4n) is 5.89. The molecular formula is C46H47N11O7. The van der Waals surface area contributed by atoms with E-state index in [1.54, 1.807) is 62.9 Å². The Kier molecular flexibility index (Phi) is 15.9. The highest BCUT2D eigenvalue weighted by molar-refractivity contribution is 6.07. The van der Waals surface area contributed by atoms with Gasteiger partial charge in [0.25, 0.3) is 0 Å². The van der Waals surface area contributed by atoms with Crippen LogP contribution in [0.15, 0.2) is 135 Å². The van der Waals surface area contributed by atoms with E-state index in [0.29, 0.717) is 78.4 Å². The molecule has 1 aliphatic rings. The number of fused-ring (bicyclic) bond motifs is 1. The largest absolute Gasteiger partial charge is 0.491 e. The normalized spacial score (nSPS) is 11.3. The van der Waals surface area contributed by atoms with Gasteiger partial charge in [-0.3, -0.25) is 19.3 Å². The zero-order valence-corrected chi connectivity index (χ0v) is 35.2. The third kappa shape index (κ3) is 12.8. The van der Waals surface area contributed by atoms with Gasteiger partial charge in [-0.25, -0.2) is 9.97 Å². The van der Waals surface area contributed by atoms with Crippen molar-refractivity contribution in [3.05, 3.63) is 140 Å². The molecule has 0 saturated carbocycles. The van der Waals surface area contributed by atoms with Gasteiger partial charge in [0, 0.05) is 54.4 Å². The molecule has 7 N–H and O–H groups in total. The molecule has 18 nitrogen and oxygen atoms in total. The number of hydrogen-bond acceptors (Lipinski definition) is 15. The van der Waals surface area contributed by atoms with Crippen molar-refractivity contribution in [2.75, 3.05) is 77.9 Å². The molecule has 18 heteroatoms. The summed E-state index contributed by atoms with van der Waals surface area (Å²) in [7, 11) is 3.25. The van der Waals surface area contributed by atoms with Crippen molar-refractivity contribution in [2.24, 2.45) is 0 Å². The average Bonchev–Trinajstić information content (AvgIpc) is 3.64. The SMILES string of the molecule is C=CC(=O)Nc1cccc(N2C(=O)Cc3cnc(Nc4ccc(OCCOC)cc4)nc32)c1.C=CC(=O)Nc1cccc(Nc2nc(Nc3ccc(OCCOC)cc3)ncc2N)c1. The second-order valence-electron chi connectivity index (χ2n) is 13.6. The first-order valence-corrected chi connectivity index (χ1v) is 19.8. The molecule has 1 aliphatic heterocycles. The second kappa shape index (κ2) is 22.5. The van der Waals surface area contributed by atoms with E-state index in [-0.39, 0.29) is 24.1 Å². The van der Waals surface area contributed by atoms with Gasteiger partial charge in [-0.05, 0) is 97.1 Å². The van der Waals surface area contributed by atoms with E-state index >= 15 is 0 Å². The number of hydrogen-bond donors (Lipinski definition) is 6. The molecule has 7 rings (SSSR count). The van der Waals surface area contributed by atoms with Gasteiger partial charge < -0.3 is 51.3 Å². The van der Waals surface area contributed by atoms with Crippen LogP contribution in [0.2, 0.25) is 0 Å². The predicted octanol–water partition coefficient (Wildman–Crippen LogP) is 7.29. The number of ether oxygens (including phenoxy) is 4. The smallest absolute Gasteiger partial charge is 0.247 e. The van der Waals surface area contributed by atoms with Crippen LogP contribution in [-0.2, 0) is 30.3 Å². The molecule has 4 aromatic carbocycles. The molecule has 6 aromatic rings. The summed E-state index contributed by atoms with van der Waals surface area (Å²) < 4.78 is 21.1. The van der Waals surface area contributed by atoms with Gasteiger partial charge in [0.05, 0.1) is 37.2 Å². The molecule has 0 radical (unpaired) electrons. The molecule has 328 valence electrons. The fourth-order valence-corrected chi connectivity index (χ4v) is 5.89. The van der Waals surface area contributed by atoms with E-state index in [1.807, 2.05) is 54.6 Å².